The molecule has 1 fully saturated rings. The Labute approximate surface area is 117 Å². The number of nitrogens with zero attached hydrogens (tertiary/aromatic N) is 1. The molecule has 110 valence electrons. The van der Waals surface area contributed by atoms with Crippen molar-refractivity contribution in [2.75, 3.05) is 23.0 Å². The molecule has 1 aromatic carbocycles. The largest absolute Gasteiger partial charge is 0.480 e. The molecule has 0 aliphatic carbocycles. The lowest BCUT2D eigenvalue weighted by Crippen LogP contribution is -2.46. The first-order chi connectivity index (χ1) is 9.28. The van der Waals surface area contributed by atoms with Gasteiger partial charge in [0.05, 0.1) is 23.7 Å². The molecular weight excluding hydrogens is 282 g/mol. The average Bonchev–Trinajstić information content (AvgIpc) is 2.61. The molecule has 0 aromatic heterocycles. The Hall–Kier alpha value is -1.60. The standard InChI is InChI=1S/C13H17NO5S/c1-9-2-4-10(5-3-9)14(6-13(16)17)11-7-20(18,19)8-12(11)15/h2-5,11-12,15H,6-8H2,1H3,(H,16,17). The second-order valence-electron chi connectivity index (χ2n) is 5.07. The number of aryl methyl sites for hydroxylation is 1. The molecule has 2 N–H and O–H groups in total. The van der Waals surface area contributed by atoms with E-state index in [2.05, 4.69) is 0 Å². The molecule has 2 unspecified atom stereocenters. The number of rotatable bonds is 4. The fourth-order valence-corrected chi connectivity index (χ4v) is 4.19. The Kier molecular flexibility index (Phi) is 4.01. The molecule has 0 amide bonds. The maximum absolute atomic E-state index is 11.6. The van der Waals surface area contributed by atoms with E-state index in [0.29, 0.717) is 5.69 Å². The summed E-state index contributed by atoms with van der Waals surface area (Å²) in [6, 6.07) is 6.38. The molecule has 1 aliphatic rings. The molecule has 0 bridgehead atoms. The molecular formula is C13H17NO5S. The maximum atomic E-state index is 11.6. The van der Waals surface area contributed by atoms with Gasteiger partial charge in [-0.25, -0.2) is 8.42 Å². The number of sulfone groups is 1. The van der Waals surface area contributed by atoms with Gasteiger partial charge in [0, 0.05) is 5.69 Å². The second kappa shape index (κ2) is 5.41. The number of aliphatic carboxylic acids is 1. The van der Waals surface area contributed by atoms with Crippen LogP contribution < -0.4 is 4.90 Å². The smallest absolute Gasteiger partial charge is 0.323 e. The summed E-state index contributed by atoms with van der Waals surface area (Å²) < 4.78 is 23.2. The van der Waals surface area contributed by atoms with E-state index in [4.69, 9.17) is 5.11 Å². The highest BCUT2D eigenvalue weighted by Gasteiger charge is 2.40. The van der Waals surface area contributed by atoms with Crippen molar-refractivity contribution in [3.05, 3.63) is 29.8 Å². The van der Waals surface area contributed by atoms with E-state index < -0.39 is 28.0 Å². The number of carboxylic acids is 1. The quantitative estimate of drug-likeness (QED) is 0.815. The molecule has 0 spiro atoms. The Morgan fingerprint density at radius 3 is 2.35 bits per heavy atom. The van der Waals surface area contributed by atoms with Crippen molar-refractivity contribution in [1.29, 1.82) is 0 Å². The minimum Gasteiger partial charge on any atom is -0.480 e. The topological polar surface area (TPSA) is 94.9 Å². The zero-order valence-corrected chi connectivity index (χ0v) is 11.9. The number of aliphatic hydroxyl groups excluding tert-OH is 1. The van der Waals surface area contributed by atoms with Gasteiger partial charge >= 0.3 is 5.97 Å². The predicted octanol–water partition coefficient (Wildman–Crippen LogP) is 0.0439. The monoisotopic (exact) mass is 299 g/mol. The van der Waals surface area contributed by atoms with Crippen LogP contribution in [-0.2, 0) is 14.6 Å². The molecule has 1 saturated heterocycles. The van der Waals surface area contributed by atoms with Gasteiger partial charge in [0.15, 0.2) is 9.84 Å². The van der Waals surface area contributed by atoms with Gasteiger partial charge in [-0.2, -0.15) is 0 Å². The van der Waals surface area contributed by atoms with Crippen LogP contribution in [0.4, 0.5) is 5.69 Å². The SMILES string of the molecule is Cc1ccc(N(CC(=O)O)C2CS(=O)(=O)CC2O)cc1. The molecule has 6 nitrogen and oxygen atoms in total. The lowest BCUT2D eigenvalue weighted by molar-refractivity contribution is -0.135. The Morgan fingerprint density at radius 1 is 1.30 bits per heavy atom. The van der Waals surface area contributed by atoms with Gasteiger partial charge in [-0.1, -0.05) is 17.7 Å². The molecule has 1 heterocycles. The number of benzene rings is 1. The summed E-state index contributed by atoms with van der Waals surface area (Å²) in [7, 11) is -3.33. The minimum atomic E-state index is -3.33. The zero-order valence-electron chi connectivity index (χ0n) is 11.1. The van der Waals surface area contributed by atoms with E-state index in [1.807, 2.05) is 19.1 Å². The van der Waals surface area contributed by atoms with Gasteiger partial charge < -0.3 is 15.1 Å². The van der Waals surface area contributed by atoms with Gasteiger partial charge in [0.25, 0.3) is 0 Å². The Morgan fingerprint density at radius 2 is 1.90 bits per heavy atom. The van der Waals surface area contributed by atoms with Crippen molar-refractivity contribution in [2.45, 2.75) is 19.1 Å². The molecule has 0 radical (unpaired) electrons. The molecule has 2 rings (SSSR count). The van der Waals surface area contributed by atoms with Crippen LogP contribution in [0.2, 0.25) is 0 Å². The summed E-state index contributed by atoms with van der Waals surface area (Å²) in [4.78, 5) is 12.4. The summed E-state index contributed by atoms with van der Waals surface area (Å²) in [5, 5.41) is 18.9. The zero-order chi connectivity index (χ0) is 14.9. The number of carbonyl (C=O) groups is 1. The van der Waals surface area contributed by atoms with Crippen molar-refractivity contribution in [3.63, 3.8) is 0 Å². The van der Waals surface area contributed by atoms with Crippen LogP contribution >= 0.6 is 0 Å². The van der Waals surface area contributed by atoms with Crippen LogP contribution in [0.5, 0.6) is 0 Å². The normalized spacial score (nSPS) is 24.5. The Balaban J connectivity index is 2.33. The van der Waals surface area contributed by atoms with Crippen molar-refractivity contribution in [3.8, 4) is 0 Å². The van der Waals surface area contributed by atoms with Crippen molar-refractivity contribution in [1.82, 2.24) is 0 Å². The first-order valence-electron chi connectivity index (χ1n) is 6.22. The van der Waals surface area contributed by atoms with E-state index in [1.165, 1.54) is 4.90 Å². The van der Waals surface area contributed by atoms with E-state index in [0.717, 1.165) is 5.56 Å². The van der Waals surface area contributed by atoms with Crippen LogP contribution in [-0.4, -0.2) is 54.8 Å². The van der Waals surface area contributed by atoms with Crippen LogP contribution in [0.15, 0.2) is 24.3 Å². The molecule has 2 atom stereocenters. The van der Waals surface area contributed by atoms with E-state index in [9.17, 15) is 18.3 Å². The second-order valence-corrected chi connectivity index (χ2v) is 7.22. The van der Waals surface area contributed by atoms with Crippen molar-refractivity contribution >= 4 is 21.5 Å². The van der Waals surface area contributed by atoms with Gasteiger partial charge in [-0.15, -0.1) is 0 Å². The fraction of sp³-hybridized carbons (Fsp3) is 0.462. The van der Waals surface area contributed by atoms with Gasteiger partial charge in [0.2, 0.25) is 0 Å². The fourth-order valence-electron chi connectivity index (χ4n) is 2.39. The maximum Gasteiger partial charge on any atom is 0.323 e. The first-order valence-corrected chi connectivity index (χ1v) is 8.04. The van der Waals surface area contributed by atoms with E-state index in [1.54, 1.807) is 12.1 Å². The van der Waals surface area contributed by atoms with Crippen LogP contribution in [0.1, 0.15) is 5.56 Å². The number of anilines is 1. The van der Waals surface area contributed by atoms with Crippen LogP contribution in [0.3, 0.4) is 0 Å². The Bertz CT molecular complexity index is 596. The molecule has 20 heavy (non-hydrogen) atoms. The van der Waals surface area contributed by atoms with Crippen molar-refractivity contribution in [2.24, 2.45) is 0 Å². The molecule has 7 heteroatoms. The molecule has 1 aliphatic heterocycles. The first kappa shape index (κ1) is 14.8. The summed E-state index contributed by atoms with van der Waals surface area (Å²) in [5.74, 6) is -1.61. The third kappa shape index (κ3) is 3.29. The summed E-state index contributed by atoms with van der Waals surface area (Å²) in [5.41, 5.74) is 1.61. The third-order valence-electron chi connectivity index (χ3n) is 3.37. The summed E-state index contributed by atoms with van der Waals surface area (Å²) >= 11 is 0. The lowest BCUT2D eigenvalue weighted by Gasteiger charge is -2.30. The van der Waals surface area contributed by atoms with Gasteiger partial charge in [-0.05, 0) is 19.1 Å². The lowest BCUT2D eigenvalue weighted by atomic mass is 10.1. The number of aliphatic hydroxyl groups is 1. The minimum absolute atomic E-state index is 0.227. The van der Waals surface area contributed by atoms with E-state index in [-0.39, 0.29) is 18.1 Å². The van der Waals surface area contributed by atoms with Crippen LogP contribution in [0.25, 0.3) is 0 Å². The van der Waals surface area contributed by atoms with Crippen LogP contribution in [0, 0.1) is 6.92 Å². The van der Waals surface area contributed by atoms with Gasteiger partial charge in [0.1, 0.15) is 6.54 Å². The number of carboxylic acid groups (broad SMARTS) is 1. The van der Waals surface area contributed by atoms with Crippen molar-refractivity contribution < 1.29 is 23.4 Å². The molecule has 0 saturated carbocycles. The highest BCUT2D eigenvalue weighted by Crippen LogP contribution is 2.25. The summed E-state index contributed by atoms with van der Waals surface area (Å²) in [6.45, 7) is 1.56. The highest BCUT2D eigenvalue weighted by molar-refractivity contribution is 7.91. The average molecular weight is 299 g/mol. The molecule has 1 aromatic rings. The summed E-state index contributed by atoms with van der Waals surface area (Å²) in [6.07, 6.45) is -1.07. The number of hydrogen-bond donors (Lipinski definition) is 2. The van der Waals surface area contributed by atoms with E-state index >= 15 is 0 Å². The van der Waals surface area contributed by atoms with Gasteiger partial charge in [-0.3, -0.25) is 4.79 Å². The predicted molar refractivity (Wildman–Crippen MR) is 74.6 cm³/mol. The number of hydrogen-bond acceptors (Lipinski definition) is 5. The highest BCUT2D eigenvalue weighted by atomic mass is 32.2. The third-order valence-corrected chi connectivity index (χ3v) is 5.06.